The molecule has 0 saturated carbocycles. The Bertz CT molecular complexity index is 917. The average molecular weight is 373 g/mol. The van der Waals surface area contributed by atoms with E-state index in [1.54, 1.807) is 25.5 Å². The molecule has 1 amide bonds. The van der Waals surface area contributed by atoms with E-state index in [0.717, 1.165) is 11.3 Å². The van der Waals surface area contributed by atoms with Crippen molar-refractivity contribution in [1.29, 1.82) is 0 Å². The van der Waals surface area contributed by atoms with Crippen LogP contribution in [-0.4, -0.2) is 35.7 Å². The molecule has 0 radical (unpaired) electrons. The number of carbonyl (C=O) groups excluding carboxylic acids is 2. The minimum absolute atomic E-state index is 0.144. The molecule has 1 N–H and O–H groups in total. The minimum Gasteiger partial charge on any atom is -0.497 e. The van der Waals surface area contributed by atoms with Gasteiger partial charge in [-0.1, -0.05) is 5.16 Å². The van der Waals surface area contributed by atoms with Gasteiger partial charge in [-0.2, -0.15) is 0 Å². The molecule has 0 atom stereocenters. The molecule has 1 aromatic carbocycles. The number of rotatable bonds is 6. The van der Waals surface area contributed by atoms with Crippen molar-refractivity contribution in [3.05, 3.63) is 47.2 Å². The van der Waals surface area contributed by atoms with Crippen molar-refractivity contribution in [2.24, 2.45) is 0 Å². The lowest BCUT2D eigenvalue weighted by Gasteiger charge is -2.02. The number of carbonyl (C=O) groups is 2. The van der Waals surface area contributed by atoms with E-state index in [2.05, 4.69) is 15.5 Å². The fourth-order valence-corrected chi connectivity index (χ4v) is 2.84. The van der Waals surface area contributed by atoms with E-state index in [9.17, 15) is 9.59 Å². The first-order chi connectivity index (χ1) is 12.5. The number of thiazole rings is 1. The normalized spacial score (nSPS) is 10.4. The van der Waals surface area contributed by atoms with Gasteiger partial charge in [0.05, 0.1) is 7.11 Å². The highest BCUT2D eigenvalue weighted by Gasteiger charge is 2.15. The highest BCUT2D eigenvalue weighted by molar-refractivity contribution is 7.13. The van der Waals surface area contributed by atoms with Crippen LogP contribution in [0.5, 0.6) is 5.75 Å². The fraction of sp³-hybridized carbons (Fsp3) is 0.176. The summed E-state index contributed by atoms with van der Waals surface area (Å²) < 4.78 is 14.9. The summed E-state index contributed by atoms with van der Waals surface area (Å²) >= 11 is 1.31. The van der Waals surface area contributed by atoms with Gasteiger partial charge in [0.15, 0.2) is 18.1 Å². The lowest BCUT2D eigenvalue weighted by atomic mass is 10.2. The molecule has 0 aliphatic carbocycles. The Kier molecular flexibility index (Phi) is 5.28. The number of ether oxygens (including phenoxy) is 2. The van der Waals surface area contributed by atoms with Crippen molar-refractivity contribution in [3.63, 3.8) is 0 Å². The third-order valence-corrected chi connectivity index (χ3v) is 4.17. The van der Waals surface area contributed by atoms with Crippen molar-refractivity contribution in [3.8, 4) is 16.3 Å². The number of aryl methyl sites for hydroxylation is 1. The predicted molar refractivity (Wildman–Crippen MR) is 94.3 cm³/mol. The van der Waals surface area contributed by atoms with Gasteiger partial charge in [-0.25, -0.2) is 9.78 Å². The summed E-state index contributed by atoms with van der Waals surface area (Å²) in [6.45, 7) is 1.26. The largest absolute Gasteiger partial charge is 0.497 e. The molecule has 134 valence electrons. The van der Waals surface area contributed by atoms with Crippen molar-refractivity contribution < 1.29 is 23.6 Å². The van der Waals surface area contributed by atoms with Crippen molar-refractivity contribution in [2.45, 2.75) is 6.92 Å². The quantitative estimate of drug-likeness (QED) is 0.663. The Morgan fingerprint density at radius 3 is 2.69 bits per heavy atom. The van der Waals surface area contributed by atoms with E-state index in [4.69, 9.17) is 14.0 Å². The first-order valence-corrected chi connectivity index (χ1v) is 8.43. The van der Waals surface area contributed by atoms with Gasteiger partial charge in [0, 0.05) is 17.0 Å². The summed E-state index contributed by atoms with van der Waals surface area (Å²) in [4.78, 5) is 28.0. The Hall–Kier alpha value is -3.20. The maximum atomic E-state index is 12.0. The molecular formula is C17H15N3O5S. The van der Waals surface area contributed by atoms with E-state index in [0.29, 0.717) is 10.8 Å². The molecule has 2 aromatic heterocycles. The number of esters is 1. The number of nitrogens with one attached hydrogen (secondary N) is 1. The van der Waals surface area contributed by atoms with Crippen molar-refractivity contribution in [1.82, 2.24) is 10.1 Å². The molecule has 3 aromatic rings. The number of benzene rings is 1. The van der Waals surface area contributed by atoms with E-state index >= 15 is 0 Å². The van der Waals surface area contributed by atoms with Gasteiger partial charge in [0.1, 0.15) is 16.5 Å². The molecule has 9 heteroatoms. The van der Waals surface area contributed by atoms with Gasteiger partial charge in [-0.05, 0) is 31.2 Å². The Labute approximate surface area is 152 Å². The molecule has 0 unspecified atom stereocenters. The van der Waals surface area contributed by atoms with Crippen LogP contribution in [0, 0.1) is 6.92 Å². The summed E-state index contributed by atoms with van der Waals surface area (Å²) in [5, 5.41) is 8.34. The van der Waals surface area contributed by atoms with Crippen LogP contribution in [0.25, 0.3) is 10.6 Å². The number of aromatic nitrogens is 2. The first-order valence-electron chi connectivity index (χ1n) is 7.55. The standard InChI is InChI=1S/C17H15N3O5S/c1-10-7-14(20-25-10)19-15(21)8-24-17(22)13-9-26-16(18-13)11-3-5-12(23-2)6-4-11/h3-7,9H,8H2,1-2H3,(H,19,20,21). The minimum atomic E-state index is -0.674. The van der Waals surface area contributed by atoms with Gasteiger partial charge in [-0.3, -0.25) is 4.79 Å². The molecule has 0 fully saturated rings. The Morgan fingerprint density at radius 1 is 1.27 bits per heavy atom. The molecule has 3 rings (SSSR count). The molecule has 0 bridgehead atoms. The summed E-state index contributed by atoms with van der Waals surface area (Å²) in [6.07, 6.45) is 0. The number of amides is 1. The fourth-order valence-electron chi connectivity index (χ4n) is 2.04. The smallest absolute Gasteiger partial charge is 0.358 e. The van der Waals surface area contributed by atoms with Crippen molar-refractivity contribution in [2.75, 3.05) is 19.0 Å². The van der Waals surface area contributed by atoms with E-state index < -0.39 is 18.5 Å². The summed E-state index contributed by atoms with van der Waals surface area (Å²) in [6, 6.07) is 8.87. The molecule has 26 heavy (non-hydrogen) atoms. The summed E-state index contributed by atoms with van der Waals surface area (Å²) in [5.41, 5.74) is 1.000. The van der Waals surface area contributed by atoms with Crippen LogP contribution >= 0.6 is 11.3 Å². The number of anilines is 1. The van der Waals surface area contributed by atoms with Crippen LogP contribution in [0.4, 0.5) is 5.82 Å². The summed E-state index contributed by atoms with van der Waals surface area (Å²) in [5.74, 6) is 0.368. The highest BCUT2D eigenvalue weighted by Crippen LogP contribution is 2.25. The van der Waals surface area contributed by atoms with Gasteiger partial charge in [-0.15, -0.1) is 11.3 Å². The second-order valence-electron chi connectivity index (χ2n) is 5.21. The number of hydrogen-bond donors (Lipinski definition) is 1. The average Bonchev–Trinajstić information content (AvgIpc) is 3.29. The van der Waals surface area contributed by atoms with E-state index in [1.807, 2.05) is 24.3 Å². The second kappa shape index (κ2) is 7.79. The Balaban J connectivity index is 1.56. The lowest BCUT2D eigenvalue weighted by molar-refractivity contribution is -0.119. The third-order valence-electron chi connectivity index (χ3n) is 3.28. The van der Waals surface area contributed by atoms with Crippen LogP contribution < -0.4 is 10.1 Å². The molecule has 0 aliphatic rings. The molecule has 2 heterocycles. The monoisotopic (exact) mass is 373 g/mol. The molecular weight excluding hydrogens is 358 g/mol. The number of methoxy groups -OCH3 is 1. The maximum Gasteiger partial charge on any atom is 0.358 e. The molecule has 8 nitrogen and oxygen atoms in total. The lowest BCUT2D eigenvalue weighted by Crippen LogP contribution is -2.21. The van der Waals surface area contributed by atoms with Gasteiger partial charge in [0.2, 0.25) is 0 Å². The van der Waals surface area contributed by atoms with Gasteiger partial charge >= 0.3 is 5.97 Å². The topological polar surface area (TPSA) is 104 Å². The highest BCUT2D eigenvalue weighted by atomic mass is 32.1. The SMILES string of the molecule is COc1ccc(-c2nc(C(=O)OCC(=O)Nc3cc(C)on3)cs2)cc1. The van der Waals surface area contributed by atoms with Gasteiger partial charge < -0.3 is 19.3 Å². The van der Waals surface area contributed by atoms with Crippen LogP contribution in [0.3, 0.4) is 0 Å². The van der Waals surface area contributed by atoms with E-state index in [1.165, 1.54) is 11.3 Å². The number of nitrogens with zero attached hydrogens (tertiary/aromatic N) is 2. The molecule has 0 spiro atoms. The van der Waals surface area contributed by atoms with Crippen molar-refractivity contribution >= 4 is 29.0 Å². The third kappa shape index (κ3) is 4.25. The first kappa shape index (κ1) is 17.6. The van der Waals surface area contributed by atoms with Crippen LogP contribution in [0.15, 0.2) is 40.2 Å². The zero-order valence-corrected chi connectivity index (χ0v) is 14.8. The second-order valence-corrected chi connectivity index (χ2v) is 6.07. The van der Waals surface area contributed by atoms with Crippen LogP contribution in [-0.2, 0) is 9.53 Å². The Morgan fingerprint density at radius 2 is 2.04 bits per heavy atom. The summed E-state index contributed by atoms with van der Waals surface area (Å²) in [7, 11) is 1.59. The van der Waals surface area contributed by atoms with Crippen LogP contribution in [0.2, 0.25) is 0 Å². The zero-order valence-electron chi connectivity index (χ0n) is 14.0. The maximum absolute atomic E-state index is 12.0. The van der Waals surface area contributed by atoms with E-state index in [-0.39, 0.29) is 11.5 Å². The molecule has 0 aliphatic heterocycles. The predicted octanol–water partition coefficient (Wildman–Crippen LogP) is 2.91. The zero-order chi connectivity index (χ0) is 18.5. The molecule has 0 saturated heterocycles. The van der Waals surface area contributed by atoms with Crippen LogP contribution in [0.1, 0.15) is 16.2 Å². The van der Waals surface area contributed by atoms with Gasteiger partial charge in [0.25, 0.3) is 5.91 Å². The number of hydrogen-bond acceptors (Lipinski definition) is 8.